The van der Waals surface area contributed by atoms with Crippen LogP contribution in [0.4, 0.5) is 13.2 Å². The van der Waals surface area contributed by atoms with E-state index >= 15 is 0 Å². The van der Waals surface area contributed by atoms with E-state index in [1.807, 2.05) is 6.07 Å². The first kappa shape index (κ1) is 22.3. The molecule has 0 bridgehead atoms. The van der Waals surface area contributed by atoms with E-state index in [9.17, 15) is 28.3 Å². The third kappa shape index (κ3) is 4.70. The van der Waals surface area contributed by atoms with Gasteiger partial charge in [0.1, 0.15) is 22.2 Å². The molecule has 0 radical (unpaired) electrons. The molecule has 1 amide bonds. The van der Waals surface area contributed by atoms with Gasteiger partial charge in [0, 0.05) is 16.1 Å². The van der Waals surface area contributed by atoms with Crippen molar-refractivity contribution in [2.45, 2.75) is 31.9 Å². The number of aliphatic hydroxyl groups excluding tert-OH is 1. The number of rotatable bonds is 6. The number of carbonyl (C=O) groups excluding carboxylic acids is 1. The molecule has 1 aromatic heterocycles. The van der Waals surface area contributed by atoms with E-state index in [4.69, 9.17) is 17.3 Å². The highest BCUT2D eigenvalue weighted by Crippen LogP contribution is 2.33. The lowest BCUT2D eigenvalue weighted by atomic mass is 9.81. The van der Waals surface area contributed by atoms with Gasteiger partial charge < -0.3 is 15.6 Å². The Balaban J connectivity index is 2.09. The molecule has 1 unspecified atom stereocenters. The normalized spacial score (nSPS) is 13.6. The van der Waals surface area contributed by atoms with Crippen molar-refractivity contribution < 1.29 is 27.8 Å². The van der Waals surface area contributed by atoms with Gasteiger partial charge >= 0.3 is 6.36 Å². The first-order valence-electron chi connectivity index (χ1n) is 8.71. The van der Waals surface area contributed by atoms with Gasteiger partial charge in [-0.2, -0.15) is 20.3 Å². The smallest absolute Gasteiger partial charge is 0.406 e. The third-order valence-electron chi connectivity index (χ3n) is 4.53. The number of fused-ring (bicyclic) bond motifs is 1. The summed E-state index contributed by atoms with van der Waals surface area (Å²) in [5, 5.41) is 28.2. The van der Waals surface area contributed by atoms with Crippen LogP contribution in [0.2, 0.25) is 5.02 Å². The number of hydrogen-bond acceptors (Lipinski definition) is 6. The van der Waals surface area contributed by atoms with Crippen molar-refractivity contribution in [3.63, 3.8) is 0 Å². The van der Waals surface area contributed by atoms with E-state index in [-0.39, 0.29) is 24.3 Å². The zero-order valence-electron chi connectivity index (χ0n) is 15.9. The van der Waals surface area contributed by atoms with Crippen molar-refractivity contribution in [2.24, 2.45) is 5.73 Å². The Morgan fingerprint density at radius 2 is 2.03 bits per heavy atom. The Labute approximate surface area is 178 Å². The summed E-state index contributed by atoms with van der Waals surface area (Å²) in [6, 6.07) is 7.95. The molecular formula is C19H15ClF3N5O3. The first-order valence-corrected chi connectivity index (χ1v) is 9.09. The summed E-state index contributed by atoms with van der Waals surface area (Å²) in [5.41, 5.74) is 4.68. The third-order valence-corrected chi connectivity index (χ3v) is 4.75. The van der Waals surface area contributed by atoms with E-state index in [0.717, 1.165) is 23.0 Å². The zero-order chi connectivity index (χ0) is 23.0. The maximum absolute atomic E-state index is 12.6. The first-order chi connectivity index (χ1) is 14.5. The maximum Gasteiger partial charge on any atom is 0.573 e. The van der Waals surface area contributed by atoms with Crippen molar-refractivity contribution in [1.29, 1.82) is 5.26 Å². The van der Waals surface area contributed by atoms with Crippen LogP contribution in [0.25, 0.3) is 11.0 Å². The van der Waals surface area contributed by atoms with Gasteiger partial charge in [-0.25, -0.2) is 0 Å². The van der Waals surface area contributed by atoms with Gasteiger partial charge in [-0.15, -0.1) is 13.2 Å². The fourth-order valence-electron chi connectivity index (χ4n) is 3.14. The molecule has 31 heavy (non-hydrogen) atoms. The maximum atomic E-state index is 12.6. The van der Waals surface area contributed by atoms with E-state index in [1.54, 1.807) is 0 Å². The fourth-order valence-corrected chi connectivity index (χ4v) is 3.38. The van der Waals surface area contributed by atoms with Crippen LogP contribution in [0.15, 0.2) is 30.3 Å². The number of nitrogens with zero attached hydrogens (tertiary/aromatic N) is 4. The summed E-state index contributed by atoms with van der Waals surface area (Å²) in [5.74, 6) is -1.54. The number of alkyl halides is 3. The average molecular weight is 454 g/mol. The van der Waals surface area contributed by atoms with Crippen LogP contribution in [0.1, 0.15) is 28.4 Å². The van der Waals surface area contributed by atoms with Gasteiger partial charge in [0.25, 0.3) is 0 Å². The Morgan fingerprint density at radius 3 is 2.61 bits per heavy atom. The quantitative estimate of drug-likeness (QED) is 0.590. The van der Waals surface area contributed by atoms with Gasteiger partial charge in [0.15, 0.2) is 0 Å². The summed E-state index contributed by atoms with van der Waals surface area (Å²) in [4.78, 5) is 13.0. The Hall–Kier alpha value is -3.36. The highest BCUT2D eigenvalue weighted by Gasteiger charge is 2.35. The summed E-state index contributed by atoms with van der Waals surface area (Å²) < 4.78 is 41.9. The number of ether oxygens (including phenoxy) is 1. The second-order valence-electron chi connectivity index (χ2n) is 6.88. The summed E-state index contributed by atoms with van der Waals surface area (Å²) in [6.07, 6.45) is -4.96. The topological polar surface area (TPSA) is 127 Å². The molecule has 3 aromatic rings. The molecule has 2 aromatic carbocycles. The second kappa shape index (κ2) is 8.05. The number of halogens is 4. The monoisotopic (exact) mass is 453 g/mol. The molecular weight excluding hydrogens is 439 g/mol. The van der Waals surface area contributed by atoms with Gasteiger partial charge in [-0.1, -0.05) is 11.6 Å². The van der Waals surface area contributed by atoms with Crippen LogP contribution in [0.3, 0.4) is 0 Å². The Morgan fingerprint density at radius 1 is 1.32 bits per heavy atom. The van der Waals surface area contributed by atoms with Crippen molar-refractivity contribution in [3.05, 3.63) is 52.0 Å². The lowest BCUT2D eigenvalue weighted by molar-refractivity contribution is -0.274. The van der Waals surface area contributed by atoms with Crippen LogP contribution in [0.5, 0.6) is 5.75 Å². The Bertz CT molecular complexity index is 1200. The predicted octanol–water partition coefficient (Wildman–Crippen LogP) is 3.06. The van der Waals surface area contributed by atoms with Crippen LogP contribution >= 0.6 is 11.6 Å². The zero-order valence-corrected chi connectivity index (χ0v) is 16.7. The number of nitriles is 1. The molecule has 0 aliphatic carbocycles. The molecule has 0 fully saturated rings. The van der Waals surface area contributed by atoms with E-state index in [1.165, 1.54) is 19.1 Å². The largest absolute Gasteiger partial charge is 0.573 e. The minimum absolute atomic E-state index is 0.0778. The number of amides is 1. The van der Waals surface area contributed by atoms with Crippen LogP contribution in [0, 0.1) is 11.3 Å². The highest BCUT2D eigenvalue weighted by atomic mass is 35.5. The standard InChI is InChI=1S/C19H15ClF3N5O3/c1-18(8-24,9-28-26-15-5-11(20)4-10(7-29)16(15)27-28)14-6-12(31-19(21,22)23)2-3-13(14)17(25)30/h2-6,29H,7,9H2,1H3,(H2,25,30). The highest BCUT2D eigenvalue weighted by molar-refractivity contribution is 6.31. The molecule has 0 saturated heterocycles. The van der Waals surface area contributed by atoms with Crippen LogP contribution in [-0.4, -0.2) is 32.4 Å². The molecule has 12 heteroatoms. The number of carbonyl (C=O) groups is 1. The van der Waals surface area contributed by atoms with Gasteiger partial charge in [0.2, 0.25) is 5.91 Å². The number of aliphatic hydroxyl groups is 1. The lowest BCUT2D eigenvalue weighted by Gasteiger charge is -2.24. The van der Waals surface area contributed by atoms with Gasteiger partial charge in [-0.3, -0.25) is 4.79 Å². The minimum Gasteiger partial charge on any atom is -0.406 e. The van der Waals surface area contributed by atoms with Gasteiger partial charge in [-0.05, 0) is 42.8 Å². The van der Waals surface area contributed by atoms with Crippen molar-refractivity contribution in [3.8, 4) is 11.8 Å². The molecule has 8 nitrogen and oxygen atoms in total. The average Bonchev–Trinajstić information content (AvgIpc) is 3.07. The minimum atomic E-state index is -4.96. The number of benzene rings is 2. The van der Waals surface area contributed by atoms with E-state index in [2.05, 4.69) is 14.9 Å². The van der Waals surface area contributed by atoms with E-state index in [0.29, 0.717) is 21.6 Å². The number of aromatic nitrogens is 3. The number of nitrogens with two attached hydrogens (primary N) is 1. The molecule has 1 heterocycles. The lowest BCUT2D eigenvalue weighted by Crippen LogP contribution is -2.31. The molecule has 0 aliphatic heterocycles. The number of primary amides is 1. The Kier molecular flexibility index (Phi) is 5.80. The molecule has 0 aliphatic rings. The second-order valence-corrected chi connectivity index (χ2v) is 7.32. The molecule has 0 spiro atoms. The summed E-state index contributed by atoms with van der Waals surface area (Å²) in [6.45, 7) is 0.810. The predicted molar refractivity (Wildman–Crippen MR) is 103 cm³/mol. The molecule has 3 N–H and O–H groups in total. The SMILES string of the molecule is CC(C#N)(Cn1nc2cc(Cl)cc(CO)c2n1)c1cc(OC(F)(F)F)ccc1C(N)=O. The van der Waals surface area contributed by atoms with Crippen molar-refractivity contribution in [1.82, 2.24) is 15.0 Å². The van der Waals surface area contributed by atoms with Crippen LogP contribution in [-0.2, 0) is 18.6 Å². The summed E-state index contributed by atoms with van der Waals surface area (Å²) >= 11 is 6.00. The van der Waals surface area contributed by atoms with E-state index < -0.39 is 23.4 Å². The van der Waals surface area contributed by atoms with Gasteiger partial charge in [0.05, 0.1) is 19.2 Å². The number of hydrogen-bond donors (Lipinski definition) is 2. The molecule has 162 valence electrons. The van der Waals surface area contributed by atoms with Crippen molar-refractivity contribution in [2.75, 3.05) is 0 Å². The molecule has 0 saturated carbocycles. The summed E-state index contributed by atoms with van der Waals surface area (Å²) in [7, 11) is 0. The molecule has 3 rings (SSSR count). The van der Waals surface area contributed by atoms with Crippen molar-refractivity contribution >= 4 is 28.5 Å². The molecule has 1 atom stereocenters. The fraction of sp³-hybridized carbons (Fsp3) is 0.263. The van der Waals surface area contributed by atoms with Crippen LogP contribution < -0.4 is 10.5 Å².